The summed E-state index contributed by atoms with van der Waals surface area (Å²) in [6, 6.07) is 6.08. The van der Waals surface area contributed by atoms with Crippen molar-refractivity contribution >= 4 is 11.8 Å². The molecule has 2 aromatic heterocycles. The van der Waals surface area contributed by atoms with E-state index in [4.69, 9.17) is 0 Å². The third-order valence-corrected chi connectivity index (χ3v) is 5.62. The number of pyridine rings is 1. The van der Waals surface area contributed by atoms with E-state index in [2.05, 4.69) is 23.4 Å². The molecule has 0 bridgehead atoms. The highest BCUT2D eigenvalue weighted by Gasteiger charge is 2.30. The lowest BCUT2D eigenvalue weighted by atomic mass is 10.2. The highest BCUT2D eigenvalue weighted by molar-refractivity contribution is 5.96. The lowest BCUT2D eigenvalue weighted by molar-refractivity contribution is 0.0718. The summed E-state index contributed by atoms with van der Waals surface area (Å²) in [4.78, 5) is 33.5. The molecule has 6 nitrogen and oxygen atoms in total. The molecule has 2 amide bonds. The van der Waals surface area contributed by atoms with E-state index in [1.807, 2.05) is 15.9 Å². The van der Waals surface area contributed by atoms with Crippen LogP contribution in [0.3, 0.4) is 0 Å². The van der Waals surface area contributed by atoms with E-state index in [0.29, 0.717) is 37.8 Å². The Morgan fingerprint density at radius 3 is 2.22 bits per heavy atom. The number of aromatic nitrogens is 2. The molecule has 3 heterocycles. The summed E-state index contributed by atoms with van der Waals surface area (Å²) < 4.78 is 2.31. The maximum Gasteiger partial charge on any atom is 0.255 e. The topological polar surface area (TPSA) is 58.4 Å². The molecule has 0 radical (unpaired) electrons. The van der Waals surface area contributed by atoms with Gasteiger partial charge >= 0.3 is 0 Å². The molecule has 2 fully saturated rings. The Hall–Kier alpha value is -2.63. The number of hydrogen-bond donors (Lipinski definition) is 0. The highest BCUT2D eigenvalue weighted by Crippen LogP contribution is 2.38. The lowest BCUT2D eigenvalue weighted by Gasteiger charge is -2.22. The first-order valence-electron chi connectivity index (χ1n) is 9.73. The monoisotopic (exact) mass is 366 g/mol. The van der Waals surface area contributed by atoms with Crippen LogP contribution in [0.2, 0.25) is 0 Å². The molecule has 142 valence electrons. The molecule has 0 aromatic carbocycles. The van der Waals surface area contributed by atoms with E-state index in [-0.39, 0.29) is 11.8 Å². The molecule has 0 atom stereocenters. The quantitative estimate of drug-likeness (QED) is 0.839. The van der Waals surface area contributed by atoms with E-state index >= 15 is 0 Å². The number of aryl methyl sites for hydroxylation is 1. The van der Waals surface area contributed by atoms with Gasteiger partial charge in [0, 0.05) is 61.6 Å². The van der Waals surface area contributed by atoms with Crippen molar-refractivity contribution in [3.05, 3.63) is 53.1 Å². The van der Waals surface area contributed by atoms with Crippen molar-refractivity contribution in [1.82, 2.24) is 19.4 Å². The first-order chi connectivity index (χ1) is 13.1. The zero-order valence-electron chi connectivity index (χ0n) is 16.0. The molecular formula is C21H26N4O2. The van der Waals surface area contributed by atoms with Crippen LogP contribution in [0.5, 0.6) is 0 Å². The Bertz CT molecular complexity index is 855. The van der Waals surface area contributed by atoms with Gasteiger partial charge in [-0.1, -0.05) is 0 Å². The van der Waals surface area contributed by atoms with Gasteiger partial charge in [0.2, 0.25) is 0 Å². The number of carbonyl (C=O) groups excluding carboxylic acids is 2. The Morgan fingerprint density at radius 2 is 1.59 bits per heavy atom. The average Bonchev–Trinajstić information content (AvgIpc) is 3.49. The Balaban J connectivity index is 1.46. The van der Waals surface area contributed by atoms with Gasteiger partial charge in [-0.2, -0.15) is 0 Å². The number of rotatable bonds is 3. The Kier molecular flexibility index (Phi) is 4.72. The third-order valence-electron chi connectivity index (χ3n) is 5.62. The second-order valence-corrected chi connectivity index (χ2v) is 7.56. The molecule has 4 rings (SSSR count). The van der Waals surface area contributed by atoms with Gasteiger partial charge in [-0.25, -0.2) is 0 Å². The molecule has 27 heavy (non-hydrogen) atoms. The lowest BCUT2D eigenvalue weighted by Crippen LogP contribution is -2.37. The van der Waals surface area contributed by atoms with Gasteiger partial charge in [-0.3, -0.25) is 14.6 Å². The third kappa shape index (κ3) is 3.48. The molecule has 0 spiro atoms. The maximum absolute atomic E-state index is 13.1. The van der Waals surface area contributed by atoms with Crippen molar-refractivity contribution in [3.63, 3.8) is 0 Å². The number of nitrogens with zero attached hydrogens (tertiary/aromatic N) is 4. The number of carbonyl (C=O) groups is 2. The number of amides is 2. The fourth-order valence-electron chi connectivity index (χ4n) is 4.06. The van der Waals surface area contributed by atoms with Crippen molar-refractivity contribution in [2.24, 2.45) is 0 Å². The van der Waals surface area contributed by atoms with Crippen molar-refractivity contribution < 1.29 is 9.59 Å². The Morgan fingerprint density at radius 1 is 0.963 bits per heavy atom. The summed E-state index contributed by atoms with van der Waals surface area (Å²) >= 11 is 0. The second kappa shape index (κ2) is 7.18. The van der Waals surface area contributed by atoms with Crippen molar-refractivity contribution in [1.29, 1.82) is 0 Å². The molecule has 1 saturated heterocycles. The fraction of sp³-hybridized carbons (Fsp3) is 0.476. The van der Waals surface area contributed by atoms with Crippen molar-refractivity contribution in [3.8, 4) is 0 Å². The van der Waals surface area contributed by atoms with Crippen LogP contribution < -0.4 is 0 Å². The van der Waals surface area contributed by atoms with E-state index in [1.165, 1.54) is 18.5 Å². The number of hydrogen-bond acceptors (Lipinski definition) is 3. The minimum atomic E-state index is 0.0126. The van der Waals surface area contributed by atoms with Crippen LogP contribution in [-0.2, 0) is 0 Å². The van der Waals surface area contributed by atoms with Crippen LogP contribution in [0, 0.1) is 13.8 Å². The zero-order valence-corrected chi connectivity index (χ0v) is 16.0. The van der Waals surface area contributed by atoms with E-state index in [0.717, 1.165) is 17.7 Å². The van der Waals surface area contributed by atoms with Crippen molar-refractivity contribution in [2.45, 2.75) is 39.2 Å². The summed E-state index contributed by atoms with van der Waals surface area (Å²) in [7, 11) is 0. The summed E-state index contributed by atoms with van der Waals surface area (Å²) in [5.74, 6) is 0.104. The van der Waals surface area contributed by atoms with Crippen LogP contribution in [-0.4, -0.2) is 57.3 Å². The molecule has 1 aliphatic heterocycles. The molecule has 0 N–H and O–H groups in total. The van der Waals surface area contributed by atoms with Crippen molar-refractivity contribution in [2.75, 3.05) is 26.2 Å². The standard InChI is InChI=1S/C21H26N4O2/c1-15-14-19(16(2)25(15)18-4-5-18)21(27)24-11-3-10-23(12-13-24)20(26)17-6-8-22-9-7-17/h6-9,14,18H,3-5,10-13H2,1-2H3. The highest BCUT2D eigenvalue weighted by atomic mass is 16.2. The van der Waals surface area contributed by atoms with Gasteiger partial charge in [0.25, 0.3) is 11.8 Å². The zero-order chi connectivity index (χ0) is 19.0. The smallest absolute Gasteiger partial charge is 0.255 e. The van der Waals surface area contributed by atoms with E-state index in [9.17, 15) is 9.59 Å². The van der Waals surface area contributed by atoms with Gasteiger partial charge in [0.1, 0.15) is 0 Å². The van der Waals surface area contributed by atoms with Gasteiger partial charge < -0.3 is 14.4 Å². The van der Waals surface area contributed by atoms with Gasteiger partial charge in [0.15, 0.2) is 0 Å². The summed E-state index contributed by atoms with van der Waals surface area (Å²) in [5, 5.41) is 0. The predicted octanol–water partition coefficient (Wildman–Crippen LogP) is 2.82. The summed E-state index contributed by atoms with van der Waals surface area (Å²) in [5.41, 5.74) is 3.71. The van der Waals surface area contributed by atoms with E-state index < -0.39 is 0 Å². The molecule has 1 saturated carbocycles. The normalized spacial score (nSPS) is 17.7. The van der Waals surface area contributed by atoms with Crippen LogP contribution in [0.4, 0.5) is 0 Å². The molecule has 2 aromatic rings. The minimum Gasteiger partial charge on any atom is -0.345 e. The maximum atomic E-state index is 13.1. The largest absolute Gasteiger partial charge is 0.345 e. The van der Waals surface area contributed by atoms with Gasteiger partial charge in [-0.05, 0) is 51.3 Å². The molecule has 1 aliphatic carbocycles. The Labute approximate surface area is 159 Å². The van der Waals surface area contributed by atoms with Gasteiger partial charge in [0.05, 0.1) is 5.56 Å². The molecular weight excluding hydrogens is 340 g/mol. The molecule has 0 unspecified atom stereocenters. The van der Waals surface area contributed by atoms with Crippen LogP contribution in [0.15, 0.2) is 30.6 Å². The van der Waals surface area contributed by atoms with Crippen LogP contribution >= 0.6 is 0 Å². The summed E-state index contributed by atoms with van der Waals surface area (Å²) in [6.45, 7) is 6.63. The average molecular weight is 366 g/mol. The molecule has 2 aliphatic rings. The predicted molar refractivity (Wildman–Crippen MR) is 103 cm³/mol. The van der Waals surface area contributed by atoms with Crippen LogP contribution in [0.1, 0.15) is 57.4 Å². The van der Waals surface area contributed by atoms with Gasteiger partial charge in [-0.15, -0.1) is 0 Å². The second-order valence-electron chi connectivity index (χ2n) is 7.56. The van der Waals surface area contributed by atoms with E-state index in [1.54, 1.807) is 24.5 Å². The summed E-state index contributed by atoms with van der Waals surface area (Å²) in [6.07, 6.45) is 6.48. The SMILES string of the molecule is Cc1cc(C(=O)N2CCCN(C(=O)c3ccncc3)CC2)c(C)n1C1CC1. The first-order valence-corrected chi connectivity index (χ1v) is 9.73. The fourth-order valence-corrected chi connectivity index (χ4v) is 4.06. The first kappa shape index (κ1) is 17.8. The minimum absolute atomic E-state index is 0.0126. The molecule has 6 heteroatoms. The van der Waals surface area contributed by atoms with Crippen LogP contribution in [0.25, 0.3) is 0 Å².